The quantitative estimate of drug-likeness (QED) is 0.784. The number of pyridine rings is 1. The summed E-state index contributed by atoms with van der Waals surface area (Å²) >= 11 is 0. The van der Waals surface area contributed by atoms with Gasteiger partial charge in [0.25, 0.3) is 0 Å². The summed E-state index contributed by atoms with van der Waals surface area (Å²) in [5.41, 5.74) is -0.796. The van der Waals surface area contributed by atoms with Gasteiger partial charge in [-0.15, -0.1) is 0 Å². The molecule has 3 aliphatic carbocycles. The van der Waals surface area contributed by atoms with E-state index in [9.17, 15) is 18.0 Å². The molecule has 3 fully saturated rings. The number of carbonyl (C=O) groups excluding carboxylic acids is 1. The van der Waals surface area contributed by atoms with Crippen LogP contribution in [0, 0.1) is 10.8 Å². The lowest BCUT2D eigenvalue weighted by Crippen LogP contribution is -2.70. The van der Waals surface area contributed by atoms with Gasteiger partial charge in [-0.3, -0.25) is 9.78 Å². The van der Waals surface area contributed by atoms with Crippen LogP contribution in [-0.2, 0) is 15.7 Å². The third-order valence-electron chi connectivity index (χ3n) is 4.69. The molecule has 20 heavy (non-hydrogen) atoms. The van der Waals surface area contributed by atoms with Gasteiger partial charge in [-0.05, 0) is 29.9 Å². The molecule has 1 aromatic rings. The summed E-state index contributed by atoms with van der Waals surface area (Å²) in [7, 11) is 1.34. The molecule has 1 atom stereocenters. The predicted molar refractivity (Wildman–Crippen MR) is 63.8 cm³/mol. The van der Waals surface area contributed by atoms with Gasteiger partial charge in [-0.1, -0.05) is 13.0 Å². The van der Waals surface area contributed by atoms with Crippen LogP contribution in [0.2, 0.25) is 0 Å². The molecule has 0 aromatic carbocycles. The van der Waals surface area contributed by atoms with Gasteiger partial charge in [0.05, 0.1) is 12.5 Å². The van der Waals surface area contributed by atoms with Gasteiger partial charge in [0.1, 0.15) is 5.69 Å². The summed E-state index contributed by atoms with van der Waals surface area (Å²) in [6.45, 7) is 2.04. The van der Waals surface area contributed by atoms with Crippen molar-refractivity contribution in [1.29, 1.82) is 0 Å². The Morgan fingerprint density at radius 3 is 2.45 bits per heavy atom. The van der Waals surface area contributed by atoms with E-state index in [1.165, 1.54) is 19.4 Å². The highest BCUT2D eigenvalue weighted by atomic mass is 19.4. The van der Waals surface area contributed by atoms with Crippen molar-refractivity contribution in [3.8, 4) is 0 Å². The molecule has 1 heterocycles. The Morgan fingerprint density at radius 1 is 1.40 bits per heavy atom. The average Bonchev–Trinajstić information content (AvgIpc) is 2.33. The van der Waals surface area contributed by atoms with Crippen LogP contribution in [-0.4, -0.2) is 18.1 Å². The van der Waals surface area contributed by atoms with E-state index in [2.05, 4.69) is 4.98 Å². The van der Waals surface area contributed by atoms with E-state index in [0.29, 0.717) is 5.56 Å². The zero-order chi connectivity index (χ0) is 14.8. The molecule has 108 valence electrons. The maximum absolute atomic E-state index is 12.5. The second-order valence-corrected chi connectivity index (χ2v) is 6.06. The smallest absolute Gasteiger partial charge is 0.433 e. The van der Waals surface area contributed by atoms with Crippen molar-refractivity contribution in [2.45, 2.75) is 31.9 Å². The van der Waals surface area contributed by atoms with Crippen molar-refractivity contribution in [1.82, 2.24) is 4.98 Å². The van der Waals surface area contributed by atoms with Crippen LogP contribution in [0.3, 0.4) is 0 Å². The first-order valence-corrected chi connectivity index (χ1v) is 6.34. The molecular formula is C14H14F3NO2. The third kappa shape index (κ3) is 1.53. The number of ether oxygens (including phenoxy) is 1. The number of hydrogen-bond acceptors (Lipinski definition) is 3. The second-order valence-electron chi connectivity index (χ2n) is 6.06. The Balaban J connectivity index is 1.89. The summed E-state index contributed by atoms with van der Waals surface area (Å²) in [6, 6.07) is 2.40. The second kappa shape index (κ2) is 3.74. The zero-order valence-corrected chi connectivity index (χ0v) is 11.1. The summed E-state index contributed by atoms with van der Waals surface area (Å²) in [5.74, 6) is -0.358. The minimum Gasteiger partial charge on any atom is -0.469 e. The number of halogens is 3. The van der Waals surface area contributed by atoms with Gasteiger partial charge in [-0.2, -0.15) is 13.2 Å². The van der Waals surface area contributed by atoms with Crippen molar-refractivity contribution in [2.75, 3.05) is 7.11 Å². The van der Waals surface area contributed by atoms with Crippen LogP contribution in [0.4, 0.5) is 13.2 Å². The fourth-order valence-electron chi connectivity index (χ4n) is 4.13. The fraction of sp³-hybridized carbons (Fsp3) is 0.571. The van der Waals surface area contributed by atoms with Crippen LogP contribution in [0.1, 0.15) is 36.9 Å². The summed E-state index contributed by atoms with van der Waals surface area (Å²) in [4.78, 5) is 15.4. The molecule has 0 amide bonds. The Labute approximate surface area is 114 Å². The maximum Gasteiger partial charge on any atom is 0.433 e. The van der Waals surface area contributed by atoms with Gasteiger partial charge < -0.3 is 4.74 Å². The van der Waals surface area contributed by atoms with Crippen LogP contribution in [0.15, 0.2) is 18.3 Å². The lowest BCUT2D eigenvalue weighted by atomic mass is 9.28. The number of esters is 1. The van der Waals surface area contributed by atoms with Gasteiger partial charge >= 0.3 is 12.1 Å². The largest absolute Gasteiger partial charge is 0.469 e. The van der Waals surface area contributed by atoms with E-state index >= 15 is 0 Å². The van der Waals surface area contributed by atoms with Crippen LogP contribution < -0.4 is 0 Å². The summed E-state index contributed by atoms with van der Waals surface area (Å²) < 4.78 is 42.3. The lowest BCUT2D eigenvalue weighted by molar-refractivity contribution is -0.237. The van der Waals surface area contributed by atoms with E-state index < -0.39 is 17.3 Å². The fourth-order valence-corrected chi connectivity index (χ4v) is 4.13. The number of alkyl halides is 3. The molecule has 2 bridgehead atoms. The molecule has 0 spiro atoms. The summed E-state index contributed by atoms with van der Waals surface area (Å²) in [5, 5.41) is 0. The highest BCUT2D eigenvalue weighted by molar-refractivity contribution is 5.83. The number of rotatable bonds is 2. The Kier molecular flexibility index (Phi) is 2.50. The van der Waals surface area contributed by atoms with Gasteiger partial charge in [0.2, 0.25) is 0 Å². The molecule has 1 unspecified atom stereocenters. The molecule has 0 N–H and O–H groups in total. The first-order chi connectivity index (χ1) is 9.23. The Hall–Kier alpha value is -1.59. The number of carbonyl (C=O) groups is 1. The van der Waals surface area contributed by atoms with Crippen LogP contribution in [0.5, 0.6) is 0 Å². The lowest BCUT2D eigenvalue weighted by Gasteiger charge is -2.73. The molecule has 0 radical (unpaired) electrons. The van der Waals surface area contributed by atoms with Crippen LogP contribution in [0.25, 0.3) is 0 Å². The topological polar surface area (TPSA) is 39.2 Å². The van der Waals surface area contributed by atoms with Crippen molar-refractivity contribution in [3.05, 3.63) is 29.6 Å². The first kappa shape index (κ1) is 13.4. The minimum atomic E-state index is -4.44. The third-order valence-corrected chi connectivity index (χ3v) is 4.69. The number of methoxy groups -OCH3 is 1. The van der Waals surface area contributed by atoms with E-state index in [1.54, 1.807) is 0 Å². The molecule has 0 saturated heterocycles. The van der Waals surface area contributed by atoms with Crippen molar-refractivity contribution >= 4 is 5.97 Å². The normalized spacial score (nSPS) is 35.0. The molecule has 3 saturated carbocycles. The standard InChI is InChI=1S/C14H14F3NO2/c1-12-6-13(7-12,11(19)20-2)10(12)8-3-4-9(18-5-8)14(15,16)17/h3-5,10H,6-7H2,1-2H3. The maximum atomic E-state index is 12.5. The zero-order valence-electron chi connectivity index (χ0n) is 11.1. The van der Waals surface area contributed by atoms with E-state index in [0.717, 1.165) is 18.9 Å². The number of aromatic nitrogens is 1. The summed E-state index contributed by atoms with van der Waals surface area (Å²) in [6.07, 6.45) is -1.73. The van der Waals surface area contributed by atoms with Gasteiger partial charge in [-0.25, -0.2) is 0 Å². The Bertz CT molecular complexity index is 559. The average molecular weight is 285 g/mol. The Morgan fingerprint density at radius 2 is 2.05 bits per heavy atom. The minimum absolute atomic E-state index is 0.0182. The molecule has 0 aliphatic heterocycles. The number of hydrogen-bond donors (Lipinski definition) is 0. The molecule has 6 heteroatoms. The highest BCUT2D eigenvalue weighted by Gasteiger charge is 2.77. The van der Waals surface area contributed by atoms with E-state index in [1.807, 2.05) is 6.92 Å². The monoisotopic (exact) mass is 285 g/mol. The molecule has 3 aliphatic rings. The number of nitrogens with zero attached hydrogens (tertiary/aromatic N) is 1. The first-order valence-electron chi connectivity index (χ1n) is 6.34. The van der Waals surface area contributed by atoms with Crippen molar-refractivity contribution in [3.63, 3.8) is 0 Å². The van der Waals surface area contributed by atoms with Gasteiger partial charge in [0, 0.05) is 12.1 Å². The molecule has 1 aromatic heterocycles. The molecule has 4 rings (SSSR count). The van der Waals surface area contributed by atoms with Crippen molar-refractivity contribution < 1.29 is 22.7 Å². The predicted octanol–water partition coefficient (Wildman–Crippen LogP) is 3.16. The van der Waals surface area contributed by atoms with Crippen molar-refractivity contribution in [2.24, 2.45) is 10.8 Å². The van der Waals surface area contributed by atoms with E-state index in [-0.39, 0.29) is 17.3 Å². The van der Waals surface area contributed by atoms with Gasteiger partial charge in [0.15, 0.2) is 0 Å². The highest BCUT2D eigenvalue weighted by Crippen LogP contribution is 2.81. The molecule has 3 nitrogen and oxygen atoms in total. The van der Waals surface area contributed by atoms with E-state index in [4.69, 9.17) is 4.74 Å². The molecular weight excluding hydrogens is 271 g/mol. The van der Waals surface area contributed by atoms with Crippen LogP contribution >= 0.6 is 0 Å². The SMILES string of the molecule is COC(=O)C12CC(C)(C1)C2c1ccc(C(F)(F)F)nc1.